The number of nitrogens with one attached hydrogen (secondary N) is 1. The molecule has 10 heteroatoms. The van der Waals surface area contributed by atoms with E-state index in [0.717, 1.165) is 12.5 Å². The number of ether oxygens (including phenoxy) is 2. The van der Waals surface area contributed by atoms with Crippen molar-refractivity contribution in [2.45, 2.75) is 88.9 Å². The van der Waals surface area contributed by atoms with Gasteiger partial charge in [0.15, 0.2) is 0 Å². The van der Waals surface area contributed by atoms with Crippen LogP contribution in [0.2, 0.25) is 25.7 Å². The van der Waals surface area contributed by atoms with Crippen LogP contribution in [0.15, 0.2) is 12.3 Å². The van der Waals surface area contributed by atoms with E-state index in [0.29, 0.717) is 38.7 Å². The average molecular weight is 491 g/mol. The summed E-state index contributed by atoms with van der Waals surface area (Å²) in [4.78, 5) is 23.2. The van der Waals surface area contributed by atoms with Crippen LogP contribution in [0.5, 0.6) is 0 Å². The van der Waals surface area contributed by atoms with Gasteiger partial charge >= 0.3 is 18.1 Å². The third-order valence-electron chi connectivity index (χ3n) is 5.32. The summed E-state index contributed by atoms with van der Waals surface area (Å²) < 4.78 is 48.6. The Kier molecular flexibility index (Phi) is 11.0. The highest BCUT2D eigenvalue weighted by Gasteiger charge is 2.58. The lowest BCUT2D eigenvalue weighted by atomic mass is 10.1. The first-order chi connectivity index (χ1) is 15.2. The number of unbranched alkanes of at least 4 members (excludes halogenated alkanes) is 3. The van der Waals surface area contributed by atoms with Crippen molar-refractivity contribution in [1.29, 1.82) is 0 Å². The number of carbonyl (C=O) groups excluding carboxylic acids is 2. The highest BCUT2D eigenvalue weighted by atomic mass is 28.3. The molecule has 6 nitrogen and oxygen atoms in total. The van der Waals surface area contributed by atoms with Crippen LogP contribution >= 0.6 is 0 Å². The number of hydrogen-bond acceptors (Lipinski definition) is 5. The minimum atomic E-state index is -4.96. The van der Waals surface area contributed by atoms with E-state index in [1.807, 2.05) is 5.32 Å². The monoisotopic (exact) mass is 490 g/mol. The van der Waals surface area contributed by atoms with Crippen molar-refractivity contribution in [3.05, 3.63) is 12.3 Å². The van der Waals surface area contributed by atoms with Gasteiger partial charge in [0.1, 0.15) is 11.3 Å². The molecule has 1 fully saturated rings. The number of hydrogen-bond donors (Lipinski definition) is 2. The molecule has 1 amide bonds. The summed E-state index contributed by atoms with van der Waals surface area (Å²) in [7, 11) is -1.37. The van der Waals surface area contributed by atoms with Gasteiger partial charge in [-0.1, -0.05) is 45.0 Å². The van der Waals surface area contributed by atoms with Crippen molar-refractivity contribution < 1.29 is 32.2 Å². The molecule has 0 unspecified atom stereocenters. The van der Waals surface area contributed by atoms with E-state index >= 15 is 0 Å². The lowest BCUT2D eigenvalue weighted by Crippen LogP contribution is -2.44. The van der Waals surface area contributed by atoms with Gasteiger partial charge in [0.2, 0.25) is 0 Å². The van der Waals surface area contributed by atoms with Gasteiger partial charge in [-0.3, -0.25) is 9.59 Å². The first-order valence-corrected chi connectivity index (χ1v) is 15.0. The Morgan fingerprint density at radius 2 is 1.91 bits per heavy atom. The molecule has 1 rings (SSSR count). The second kappa shape index (κ2) is 12.5. The fourth-order valence-corrected chi connectivity index (χ4v) is 3.74. The van der Waals surface area contributed by atoms with Crippen LogP contribution in [-0.4, -0.2) is 50.9 Å². The molecule has 3 N–H and O–H groups in total. The van der Waals surface area contributed by atoms with Gasteiger partial charge in [-0.15, -0.1) is 5.92 Å². The van der Waals surface area contributed by atoms with Crippen molar-refractivity contribution >= 4 is 20.0 Å². The van der Waals surface area contributed by atoms with E-state index in [1.54, 1.807) is 6.92 Å². The van der Waals surface area contributed by atoms with Crippen LogP contribution in [0.1, 0.15) is 45.4 Å². The van der Waals surface area contributed by atoms with Crippen molar-refractivity contribution in [3.63, 3.8) is 0 Å². The summed E-state index contributed by atoms with van der Waals surface area (Å²) in [5.41, 5.74) is 4.97. The Labute approximate surface area is 195 Å². The van der Waals surface area contributed by atoms with Gasteiger partial charge in [0.25, 0.3) is 0 Å². The van der Waals surface area contributed by atoms with Crippen molar-refractivity contribution in [3.8, 4) is 11.8 Å². The summed E-state index contributed by atoms with van der Waals surface area (Å²) >= 11 is 0. The van der Waals surface area contributed by atoms with E-state index in [1.165, 1.54) is 0 Å². The molecule has 3 atom stereocenters. The Balaban J connectivity index is 2.44. The van der Waals surface area contributed by atoms with Crippen LogP contribution < -0.4 is 11.1 Å². The standard InChI is InChI=1S/C23H37F3N2O4Si/c1-6-31-21(30)22(27)16-18(22)12-10-8-7-9-11-13-19(28-20(29)23(24,25)26)17(2)32-14-15-33(3,4)5/h18-19H,2,6-9,11,13-16,27H2,1,3-5H3,(H,28,29)/t18-,19+,22-/m1/s1. The van der Waals surface area contributed by atoms with E-state index in [2.05, 4.69) is 38.1 Å². The van der Waals surface area contributed by atoms with Crippen LogP contribution in [0.4, 0.5) is 13.2 Å². The van der Waals surface area contributed by atoms with E-state index in [-0.39, 0.29) is 18.3 Å². The largest absolute Gasteiger partial charge is 0.497 e. The average Bonchev–Trinajstić information content (AvgIpc) is 3.35. The maximum Gasteiger partial charge on any atom is 0.471 e. The minimum Gasteiger partial charge on any atom is -0.497 e. The maximum absolute atomic E-state index is 12.7. The minimum absolute atomic E-state index is 0.151. The summed E-state index contributed by atoms with van der Waals surface area (Å²) in [6, 6.07) is -0.0629. The molecule has 0 aromatic heterocycles. The molecular formula is C23H37F3N2O4Si. The van der Waals surface area contributed by atoms with Crippen molar-refractivity contribution in [2.75, 3.05) is 13.2 Å². The molecule has 1 aliphatic carbocycles. The third-order valence-corrected chi connectivity index (χ3v) is 7.03. The van der Waals surface area contributed by atoms with Gasteiger partial charge in [0, 0.05) is 14.5 Å². The first kappa shape index (κ1) is 29.0. The number of alkyl halides is 3. The summed E-state index contributed by atoms with van der Waals surface area (Å²) in [6.07, 6.45) is -1.57. The maximum atomic E-state index is 12.7. The number of nitrogens with two attached hydrogens (primary N) is 1. The Morgan fingerprint density at radius 3 is 2.48 bits per heavy atom. The summed E-state index contributed by atoms with van der Waals surface area (Å²) in [6.45, 7) is 12.6. The molecule has 0 aromatic rings. The zero-order valence-electron chi connectivity index (χ0n) is 20.1. The molecule has 33 heavy (non-hydrogen) atoms. The van der Waals surface area contributed by atoms with E-state index < -0.39 is 37.7 Å². The zero-order chi connectivity index (χ0) is 25.3. The highest BCUT2D eigenvalue weighted by Crippen LogP contribution is 2.41. The predicted octanol–water partition coefficient (Wildman–Crippen LogP) is 4.14. The van der Waals surface area contributed by atoms with Crippen LogP contribution in [0.25, 0.3) is 0 Å². The fraction of sp³-hybridized carbons (Fsp3) is 0.739. The molecule has 0 spiro atoms. The van der Waals surface area contributed by atoms with Crippen LogP contribution in [0, 0.1) is 17.8 Å². The number of amides is 1. The second-order valence-electron chi connectivity index (χ2n) is 9.59. The quantitative estimate of drug-likeness (QED) is 0.133. The van der Waals surface area contributed by atoms with Gasteiger partial charge in [-0.2, -0.15) is 13.2 Å². The third kappa shape index (κ3) is 10.7. The molecule has 1 aliphatic rings. The Bertz CT molecular complexity index is 756. The molecule has 0 radical (unpaired) electrons. The van der Waals surface area contributed by atoms with Gasteiger partial charge in [0.05, 0.1) is 25.2 Å². The molecule has 188 valence electrons. The Morgan fingerprint density at radius 1 is 1.24 bits per heavy atom. The molecule has 0 aromatic carbocycles. The summed E-state index contributed by atoms with van der Waals surface area (Å²) in [5.74, 6) is 3.53. The van der Waals surface area contributed by atoms with Gasteiger partial charge < -0.3 is 20.5 Å². The molecule has 0 heterocycles. The number of rotatable bonds is 13. The van der Waals surface area contributed by atoms with Gasteiger partial charge in [-0.05, 0) is 32.2 Å². The van der Waals surface area contributed by atoms with E-state index in [9.17, 15) is 22.8 Å². The molecular weight excluding hydrogens is 453 g/mol. The number of esters is 1. The molecule has 0 saturated heterocycles. The number of halogens is 3. The summed E-state index contributed by atoms with van der Waals surface area (Å²) in [5, 5.41) is 2.00. The SMILES string of the molecule is C=C(OCC[Si](C)(C)C)[C@H](CCCCCC#C[C@@H]1C[C@]1(N)C(=O)OCC)NC(=O)C(F)(F)F. The lowest BCUT2D eigenvalue weighted by Gasteiger charge is -2.23. The van der Waals surface area contributed by atoms with Crippen LogP contribution in [0.3, 0.4) is 0 Å². The smallest absolute Gasteiger partial charge is 0.471 e. The topological polar surface area (TPSA) is 90.7 Å². The van der Waals surface area contributed by atoms with Crippen molar-refractivity contribution in [1.82, 2.24) is 5.32 Å². The number of carbonyl (C=O) groups is 2. The van der Waals surface area contributed by atoms with Crippen molar-refractivity contribution in [2.24, 2.45) is 11.7 Å². The zero-order valence-corrected chi connectivity index (χ0v) is 21.1. The Hall–Kier alpha value is -1.99. The van der Waals surface area contributed by atoms with Crippen LogP contribution in [-0.2, 0) is 19.1 Å². The fourth-order valence-electron chi connectivity index (χ4n) is 3.03. The highest BCUT2D eigenvalue weighted by molar-refractivity contribution is 6.76. The lowest BCUT2D eigenvalue weighted by molar-refractivity contribution is -0.174. The predicted molar refractivity (Wildman–Crippen MR) is 124 cm³/mol. The van der Waals surface area contributed by atoms with Gasteiger partial charge in [-0.25, -0.2) is 0 Å². The molecule has 1 saturated carbocycles. The normalized spacial score (nSPS) is 20.8. The molecule has 0 aliphatic heterocycles. The second-order valence-corrected chi connectivity index (χ2v) is 15.2. The molecule has 0 bridgehead atoms. The van der Waals surface area contributed by atoms with E-state index in [4.69, 9.17) is 15.2 Å². The first-order valence-electron chi connectivity index (χ1n) is 11.3.